The minimum atomic E-state index is -1.05. The highest BCUT2D eigenvalue weighted by atomic mass is 16.5. The van der Waals surface area contributed by atoms with Gasteiger partial charge in [-0.05, 0) is 43.5 Å². The van der Waals surface area contributed by atoms with Gasteiger partial charge in [0.25, 0.3) is 5.91 Å². The second kappa shape index (κ2) is 8.39. The fourth-order valence-electron chi connectivity index (χ4n) is 3.64. The van der Waals surface area contributed by atoms with Gasteiger partial charge in [-0.25, -0.2) is 0 Å². The predicted molar refractivity (Wildman–Crippen MR) is 95.0 cm³/mol. The second-order valence-corrected chi connectivity index (χ2v) is 6.85. The van der Waals surface area contributed by atoms with Crippen molar-refractivity contribution in [3.63, 3.8) is 0 Å². The summed E-state index contributed by atoms with van der Waals surface area (Å²) in [5.74, 6) is -3.07. The Balaban J connectivity index is 1.53. The molecule has 0 radical (unpaired) electrons. The third-order valence-electron chi connectivity index (χ3n) is 5.04. The monoisotopic (exact) mass is 376 g/mol. The van der Waals surface area contributed by atoms with Gasteiger partial charge < -0.3 is 14.6 Å². The lowest BCUT2D eigenvalue weighted by molar-refractivity contribution is -0.148. The van der Waals surface area contributed by atoms with Crippen LogP contribution in [0.4, 0.5) is 0 Å². The van der Waals surface area contributed by atoms with Crippen LogP contribution in [0.1, 0.15) is 43.0 Å². The van der Waals surface area contributed by atoms with E-state index in [9.17, 15) is 19.5 Å². The van der Waals surface area contributed by atoms with Gasteiger partial charge in [0.05, 0.1) is 30.7 Å². The van der Waals surface area contributed by atoms with Crippen molar-refractivity contribution in [2.75, 3.05) is 6.61 Å². The summed E-state index contributed by atoms with van der Waals surface area (Å²) < 4.78 is 11.1. The summed E-state index contributed by atoms with van der Waals surface area (Å²) in [6.45, 7) is 2.70. The zero-order valence-corrected chi connectivity index (χ0v) is 15.1. The normalized spacial score (nSPS) is 25.8. The molecule has 2 bridgehead atoms. The van der Waals surface area contributed by atoms with E-state index in [1.165, 1.54) is 0 Å². The van der Waals surface area contributed by atoms with Crippen LogP contribution in [0, 0.1) is 11.8 Å². The van der Waals surface area contributed by atoms with Gasteiger partial charge in [-0.2, -0.15) is 0 Å². The molecule has 3 rings (SSSR count). The van der Waals surface area contributed by atoms with Crippen LogP contribution < -0.4 is 15.6 Å². The summed E-state index contributed by atoms with van der Waals surface area (Å²) in [5, 5.41) is 9.35. The van der Waals surface area contributed by atoms with Crippen LogP contribution in [0.5, 0.6) is 5.75 Å². The molecule has 8 heteroatoms. The molecule has 0 aliphatic carbocycles. The van der Waals surface area contributed by atoms with Gasteiger partial charge in [0, 0.05) is 5.56 Å². The van der Waals surface area contributed by atoms with Crippen molar-refractivity contribution in [1.29, 1.82) is 0 Å². The molecular weight excluding hydrogens is 352 g/mol. The lowest BCUT2D eigenvalue weighted by Gasteiger charge is -2.23. The van der Waals surface area contributed by atoms with Gasteiger partial charge in [0.15, 0.2) is 0 Å². The lowest BCUT2D eigenvalue weighted by atomic mass is 9.79. The fourth-order valence-corrected chi connectivity index (χ4v) is 3.64. The Morgan fingerprint density at radius 2 is 1.78 bits per heavy atom. The highest BCUT2D eigenvalue weighted by Crippen LogP contribution is 2.43. The smallest absolute Gasteiger partial charge is 0.310 e. The van der Waals surface area contributed by atoms with Gasteiger partial charge in [-0.1, -0.05) is 13.3 Å². The number of carbonyl (C=O) groups excluding carboxylic acids is 2. The van der Waals surface area contributed by atoms with Crippen LogP contribution >= 0.6 is 0 Å². The van der Waals surface area contributed by atoms with E-state index >= 15 is 0 Å². The lowest BCUT2D eigenvalue weighted by Crippen LogP contribution is -2.50. The number of unbranched alkanes of at least 4 members (excludes halogenated alkanes) is 1. The maximum absolute atomic E-state index is 12.4. The highest BCUT2D eigenvalue weighted by Gasteiger charge is 2.55. The molecule has 0 saturated carbocycles. The Kier molecular flexibility index (Phi) is 5.95. The number of hydrogen-bond acceptors (Lipinski definition) is 5. The summed E-state index contributed by atoms with van der Waals surface area (Å²) in [5.41, 5.74) is 5.03. The Morgan fingerprint density at radius 3 is 2.41 bits per heavy atom. The molecule has 4 atom stereocenters. The van der Waals surface area contributed by atoms with E-state index in [1.807, 2.05) is 0 Å². The molecular formula is C19H24N2O6. The molecule has 2 aliphatic rings. The van der Waals surface area contributed by atoms with E-state index in [0.29, 0.717) is 30.8 Å². The number of rotatable bonds is 7. The molecule has 0 spiro atoms. The molecule has 27 heavy (non-hydrogen) atoms. The van der Waals surface area contributed by atoms with Crippen LogP contribution in [-0.4, -0.2) is 41.7 Å². The molecule has 2 amide bonds. The van der Waals surface area contributed by atoms with Crippen molar-refractivity contribution in [3.8, 4) is 5.75 Å². The predicted octanol–water partition coefficient (Wildman–Crippen LogP) is 1.50. The third kappa shape index (κ3) is 4.21. The first-order valence-electron chi connectivity index (χ1n) is 9.22. The molecule has 1 aromatic carbocycles. The van der Waals surface area contributed by atoms with Crippen LogP contribution in [-0.2, 0) is 14.3 Å². The van der Waals surface area contributed by atoms with E-state index < -0.39 is 41.8 Å². The van der Waals surface area contributed by atoms with E-state index in [0.717, 1.165) is 12.8 Å². The molecule has 2 fully saturated rings. The summed E-state index contributed by atoms with van der Waals surface area (Å²) in [6, 6.07) is 6.58. The van der Waals surface area contributed by atoms with Crippen molar-refractivity contribution in [2.45, 2.75) is 44.8 Å². The average Bonchev–Trinajstić information content (AvgIpc) is 3.28. The number of nitrogens with one attached hydrogen (secondary N) is 2. The molecule has 146 valence electrons. The third-order valence-corrected chi connectivity index (χ3v) is 5.04. The number of carboxylic acids is 1. The number of benzene rings is 1. The van der Waals surface area contributed by atoms with Gasteiger partial charge in [0.2, 0.25) is 5.91 Å². The number of carboxylic acid groups (broad SMARTS) is 1. The summed E-state index contributed by atoms with van der Waals surface area (Å²) in [6.07, 6.45) is 2.45. The number of hydrogen-bond donors (Lipinski definition) is 3. The molecule has 8 nitrogen and oxygen atoms in total. The molecule has 2 saturated heterocycles. The summed E-state index contributed by atoms with van der Waals surface area (Å²) in [7, 11) is 0. The number of aliphatic carboxylic acids is 1. The minimum absolute atomic E-state index is 0.358. The standard InChI is InChI=1S/C19H24N2O6/c1-2-3-10-26-12-6-4-11(5-7-12)17(22)20-21-18(23)15-13-8-9-14(27-13)16(15)19(24)25/h4-7,13-16H,2-3,8-10H2,1H3,(H,20,22)(H,21,23)(H,24,25). The number of amides is 2. The van der Waals surface area contributed by atoms with E-state index in [4.69, 9.17) is 9.47 Å². The van der Waals surface area contributed by atoms with Crippen molar-refractivity contribution < 1.29 is 29.0 Å². The highest BCUT2D eigenvalue weighted by molar-refractivity contribution is 5.96. The molecule has 2 heterocycles. The maximum Gasteiger partial charge on any atom is 0.310 e. The minimum Gasteiger partial charge on any atom is -0.494 e. The molecule has 2 aliphatic heterocycles. The Morgan fingerprint density at radius 1 is 1.11 bits per heavy atom. The average molecular weight is 376 g/mol. The van der Waals surface area contributed by atoms with Gasteiger partial charge in [-0.15, -0.1) is 0 Å². The Labute approximate surface area is 157 Å². The van der Waals surface area contributed by atoms with Crippen molar-refractivity contribution in [1.82, 2.24) is 10.9 Å². The number of fused-ring (bicyclic) bond motifs is 2. The summed E-state index contributed by atoms with van der Waals surface area (Å²) >= 11 is 0. The molecule has 3 N–H and O–H groups in total. The van der Waals surface area contributed by atoms with Crippen molar-refractivity contribution in [3.05, 3.63) is 29.8 Å². The number of hydrazine groups is 1. The fraction of sp³-hybridized carbons (Fsp3) is 0.526. The zero-order valence-electron chi connectivity index (χ0n) is 15.1. The second-order valence-electron chi connectivity index (χ2n) is 6.85. The molecule has 4 unspecified atom stereocenters. The van der Waals surface area contributed by atoms with E-state index in [-0.39, 0.29) is 0 Å². The number of carbonyl (C=O) groups is 3. The zero-order chi connectivity index (χ0) is 19.4. The first-order valence-corrected chi connectivity index (χ1v) is 9.22. The SMILES string of the molecule is CCCCOc1ccc(C(=O)NNC(=O)C2C3CCC(O3)C2C(=O)O)cc1. The molecule has 0 aromatic heterocycles. The topological polar surface area (TPSA) is 114 Å². The molecule has 1 aromatic rings. The van der Waals surface area contributed by atoms with Crippen molar-refractivity contribution >= 4 is 17.8 Å². The first-order chi connectivity index (χ1) is 13.0. The Hall–Kier alpha value is -2.61. The van der Waals surface area contributed by atoms with Crippen molar-refractivity contribution in [2.24, 2.45) is 11.8 Å². The van der Waals surface area contributed by atoms with Crippen LogP contribution in [0.2, 0.25) is 0 Å². The van der Waals surface area contributed by atoms with Crippen LogP contribution in [0.25, 0.3) is 0 Å². The largest absolute Gasteiger partial charge is 0.494 e. The van der Waals surface area contributed by atoms with Gasteiger partial charge in [0.1, 0.15) is 5.75 Å². The van der Waals surface area contributed by atoms with Crippen LogP contribution in [0.3, 0.4) is 0 Å². The summed E-state index contributed by atoms with van der Waals surface area (Å²) in [4.78, 5) is 36.0. The maximum atomic E-state index is 12.4. The van der Waals surface area contributed by atoms with Crippen LogP contribution in [0.15, 0.2) is 24.3 Å². The quantitative estimate of drug-likeness (QED) is 0.491. The van der Waals surface area contributed by atoms with E-state index in [1.54, 1.807) is 24.3 Å². The van der Waals surface area contributed by atoms with Gasteiger partial charge in [-0.3, -0.25) is 25.2 Å². The first kappa shape index (κ1) is 19.2. The Bertz CT molecular complexity index is 705. The van der Waals surface area contributed by atoms with Gasteiger partial charge >= 0.3 is 5.97 Å². The number of ether oxygens (including phenoxy) is 2. The van der Waals surface area contributed by atoms with E-state index in [2.05, 4.69) is 17.8 Å².